The van der Waals surface area contributed by atoms with Gasteiger partial charge < -0.3 is 0 Å². The zero-order chi connectivity index (χ0) is 29.2. The maximum Gasteiger partial charge on any atom is 0.175 e. The Morgan fingerprint density at radius 1 is 1.03 bits per heavy atom. The summed E-state index contributed by atoms with van der Waals surface area (Å²) in [5.41, 5.74) is 6.21. The summed E-state index contributed by atoms with van der Waals surface area (Å²) in [7, 11) is -3.05. The molecule has 2 heterocycles. The van der Waals surface area contributed by atoms with Crippen LogP contribution in [0.3, 0.4) is 0 Å². The van der Waals surface area contributed by atoms with Gasteiger partial charge >= 0.3 is 0 Å². The van der Waals surface area contributed by atoms with Crippen LogP contribution in [0.15, 0.2) is 65.0 Å². The molecule has 2 aromatic carbocycles. The Morgan fingerprint density at radius 3 is 2.21 bits per heavy atom. The van der Waals surface area contributed by atoms with E-state index in [1.54, 1.807) is 23.5 Å². The molecular weight excluding hydrogens is 526 g/mol. The molecule has 0 amide bonds. The van der Waals surface area contributed by atoms with Gasteiger partial charge in [0.1, 0.15) is 10.8 Å². The third kappa shape index (κ3) is 8.70. The van der Waals surface area contributed by atoms with Crippen LogP contribution in [0.25, 0.3) is 21.8 Å². The van der Waals surface area contributed by atoms with Crippen molar-refractivity contribution in [3.8, 4) is 21.8 Å². The molecule has 0 aliphatic rings. The lowest BCUT2D eigenvalue weighted by Gasteiger charge is -2.12. The van der Waals surface area contributed by atoms with Crippen molar-refractivity contribution < 1.29 is 13.2 Å². The highest BCUT2D eigenvalue weighted by Crippen LogP contribution is 2.35. The minimum absolute atomic E-state index is 0.216. The van der Waals surface area contributed by atoms with Gasteiger partial charge in [-0.2, -0.15) is 5.10 Å². The van der Waals surface area contributed by atoms with Crippen molar-refractivity contribution >= 4 is 27.0 Å². The van der Waals surface area contributed by atoms with Gasteiger partial charge in [0, 0.05) is 36.1 Å². The predicted octanol–water partition coefficient (Wildman–Crippen LogP) is 7.76. The van der Waals surface area contributed by atoms with Crippen LogP contribution in [0.1, 0.15) is 70.8 Å². The summed E-state index contributed by atoms with van der Waals surface area (Å²) in [5.74, 6) is 0.216. The van der Waals surface area contributed by atoms with E-state index in [9.17, 15) is 13.2 Å². The first-order valence-corrected chi connectivity index (χ1v) is 16.2. The normalized spacial score (nSPS) is 10.9. The molecule has 0 bridgehead atoms. The lowest BCUT2D eigenvalue weighted by Crippen LogP contribution is -2.05. The first-order valence-electron chi connectivity index (χ1n) is 13.4. The topological polar surface area (TPSA) is 81.9 Å². The molecule has 39 heavy (non-hydrogen) atoms. The van der Waals surface area contributed by atoms with Gasteiger partial charge in [-0.15, -0.1) is 11.3 Å². The van der Waals surface area contributed by atoms with E-state index in [2.05, 4.69) is 55.1 Å². The van der Waals surface area contributed by atoms with E-state index in [0.29, 0.717) is 17.7 Å². The fraction of sp³-hybridized carbons (Fsp3) is 0.387. The zero-order valence-corrected chi connectivity index (χ0v) is 26.0. The van der Waals surface area contributed by atoms with Crippen LogP contribution in [0.4, 0.5) is 0 Å². The molecule has 4 rings (SSSR count). The Bertz CT molecular complexity index is 1450. The van der Waals surface area contributed by atoms with E-state index in [1.807, 2.05) is 56.1 Å². The summed E-state index contributed by atoms with van der Waals surface area (Å²) in [5, 5.41) is 7.49. The largest absolute Gasteiger partial charge is 0.299 e. The first-order chi connectivity index (χ1) is 18.5. The Morgan fingerprint density at radius 2 is 1.67 bits per heavy atom. The molecule has 0 spiro atoms. The molecule has 0 N–H and O–H groups in total. The Labute approximate surface area is 238 Å². The van der Waals surface area contributed by atoms with Crippen LogP contribution >= 0.6 is 11.3 Å². The van der Waals surface area contributed by atoms with E-state index in [4.69, 9.17) is 0 Å². The zero-order valence-electron chi connectivity index (χ0n) is 24.4. The summed E-state index contributed by atoms with van der Waals surface area (Å²) in [4.78, 5) is 16.8. The quantitative estimate of drug-likeness (QED) is 0.217. The van der Waals surface area contributed by atoms with Gasteiger partial charge in [0.05, 0.1) is 28.0 Å². The van der Waals surface area contributed by atoms with Gasteiger partial charge in [0.2, 0.25) is 0 Å². The fourth-order valence-electron chi connectivity index (χ4n) is 3.91. The molecule has 4 aromatic rings. The number of carbonyl (C=O) groups excluding carboxylic acids is 1. The van der Waals surface area contributed by atoms with Crippen molar-refractivity contribution in [3.63, 3.8) is 0 Å². The van der Waals surface area contributed by atoms with Crippen molar-refractivity contribution in [2.24, 2.45) is 0 Å². The van der Waals surface area contributed by atoms with Gasteiger partial charge in [-0.1, -0.05) is 75.7 Å². The van der Waals surface area contributed by atoms with Crippen LogP contribution in [0.2, 0.25) is 0 Å². The standard InChI is InChI=1S/C20H23N3OS.C9H12O2S.C2H6/c1-5-17(24)10-16-12-25-20(22-16)18-11-21-23(13(2)3)19(18)15-8-6-14(4)7-9-15;1-3-8-6-4-5-7-9(8)12(2,10)11;1-2/h6-9,11-13H,5,10H2,1-4H3;4-7H,3H2,1-2H3;1-2H3. The maximum atomic E-state index is 11.7. The number of hydrogen-bond acceptors (Lipinski definition) is 6. The second-order valence-corrected chi connectivity index (χ2v) is 12.1. The summed E-state index contributed by atoms with van der Waals surface area (Å²) < 4.78 is 24.5. The Hall–Kier alpha value is -3.10. The van der Waals surface area contributed by atoms with Gasteiger partial charge in [0.25, 0.3) is 0 Å². The number of thiazole rings is 1. The van der Waals surface area contributed by atoms with Gasteiger partial charge in [-0.25, -0.2) is 13.4 Å². The number of rotatable bonds is 8. The van der Waals surface area contributed by atoms with E-state index in [-0.39, 0.29) is 11.8 Å². The number of carbonyl (C=O) groups is 1. The van der Waals surface area contributed by atoms with Gasteiger partial charge in [-0.3, -0.25) is 9.48 Å². The highest BCUT2D eigenvalue weighted by molar-refractivity contribution is 7.90. The minimum atomic E-state index is -3.05. The second-order valence-electron chi connectivity index (χ2n) is 9.26. The number of nitrogens with zero attached hydrogens (tertiary/aromatic N) is 3. The molecular formula is C31H41N3O3S2. The molecule has 2 aromatic heterocycles. The number of aromatic nitrogens is 3. The highest BCUT2D eigenvalue weighted by Gasteiger charge is 2.19. The van der Waals surface area contributed by atoms with Crippen LogP contribution < -0.4 is 0 Å². The number of benzene rings is 2. The highest BCUT2D eigenvalue weighted by atomic mass is 32.2. The predicted molar refractivity (Wildman–Crippen MR) is 163 cm³/mol. The third-order valence-corrected chi connectivity index (χ3v) is 8.04. The number of ketones is 1. The Balaban J connectivity index is 0.000000320. The Kier molecular flexibility index (Phi) is 12.3. The average Bonchev–Trinajstić information content (AvgIpc) is 3.57. The summed E-state index contributed by atoms with van der Waals surface area (Å²) in [6.07, 6.45) is 4.84. The van der Waals surface area contributed by atoms with Crippen molar-refractivity contribution in [1.29, 1.82) is 0 Å². The lowest BCUT2D eigenvalue weighted by atomic mass is 10.1. The van der Waals surface area contributed by atoms with Crippen LogP contribution in [-0.4, -0.2) is 35.2 Å². The molecule has 0 saturated carbocycles. The monoisotopic (exact) mass is 567 g/mol. The number of aryl methyl sites for hydroxylation is 2. The molecule has 0 aliphatic heterocycles. The number of hydrogen-bond donors (Lipinski definition) is 0. The number of sulfone groups is 1. The third-order valence-electron chi connectivity index (χ3n) is 5.92. The average molecular weight is 568 g/mol. The molecule has 0 unspecified atom stereocenters. The molecule has 8 heteroatoms. The first kappa shape index (κ1) is 32.1. The molecule has 0 radical (unpaired) electrons. The molecule has 0 saturated heterocycles. The molecule has 6 nitrogen and oxygen atoms in total. The number of Topliss-reactive ketones (excluding diaryl/α,β-unsaturated/α-hetero) is 1. The van der Waals surface area contributed by atoms with Crippen molar-refractivity contribution in [3.05, 3.63) is 76.9 Å². The van der Waals surface area contributed by atoms with E-state index in [0.717, 1.165) is 39.5 Å². The molecule has 0 atom stereocenters. The van der Waals surface area contributed by atoms with Crippen molar-refractivity contribution in [1.82, 2.24) is 14.8 Å². The van der Waals surface area contributed by atoms with Crippen LogP contribution in [0, 0.1) is 6.92 Å². The lowest BCUT2D eigenvalue weighted by molar-refractivity contribution is -0.118. The second kappa shape index (κ2) is 14.9. The van der Waals surface area contributed by atoms with Crippen LogP contribution in [0.5, 0.6) is 0 Å². The van der Waals surface area contributed by atoms with Gasteiger partial charge in [-0.05, 0) is 38.8 Å². The summed E-state index contributed by atoms with van der Waals surface area (Å²) >= 11 is 1.58. The summed E-state index contributed by atoms with van der Waals surface area (Å²) in [6.45, 7) is 14.2. The maximum absolute atomic E-state index is 11.7. The van der Waals surface area contributed by atoms with Crippen molar-refractivity contribution in [2.45, 2.75) is 78.7 Å². The van der Waals surface area contributed by atoms with E-state index >= 15 is 0 Å². The SMILES string of the molecule is CC.CCC(=O)Cc1csc(-c2cnn(C(C)C)c2-c2ccc(C)cc2)n1.CCc1ccccc1S(C)(=O)=O. The molecule has 210 valence electrons. The van der Waals surface area contributed by atoms with Crippen LogP contribution in [-0.2, 0) is 27.5 Å². The minimum Gasteiger partial charge on any atom is -0.299 e. The van der Waals surface area contributed by atoms with Gasteiger partial charge in [0.15, 0.2) is 9.84 Å². The molecule has 0 fully saturated rings. The van der Waals surface area contributed by atoms with E-state index < -0.39 is 9.84 Å². The smallest absolute Gasteiger partial charge is 0.175 e. The van der Waals surface area contributed by atoms with Crippen molar-refractivity contribution in [2.75, 3.05) is 6.26 Å². The summed E-state index contributed by atoms with van der Waals surface area (Å²) in [6, 6.07) is 15.8. The molecule has 0 aliphatic carbocycles. The fourth-order valence-corrected chi connectivity index (χ4v) is 5.75. The van der Waals surface area contributed by atoms with E-state index in [1.165, 1.54) is 11.8 Å².